The Morgan fingerprint density at radius 2 is 0.705 bits per heavy atom. The third kappa shape index (κ3) is 2.40. The van der Waals surface area contributed by atoms with Gasteiger partial charge in [0, 0.05) is 17.3 Å². The van der Waals surface area contributed by atoms with Crippen LogP contribution in [0.2, 0.25) is 18.1 Å². The van der Waals surface area contributed by atoms with Gasteiger partial charge >= 0.3 is 0 Å². The SMILES string of the molecule is CC(C)(C)[Si](C)(C)O[C@H]1CC[C@H]2[C@@H]3CCC4=CC(=O)C(C56c7c8c9c%10c%11c%12c(c%13c%14c5c5c7c7c%15c8c8c9c9c%11c%11c%16c%12c%12c%13c%13c%14c%14c5c5c7c7c%15c%15c8c8c9c%11c9c%11c%16c%12c%12c%13c%13c%14c5c5c7c7c%15c8c9c8c%11c%12c%13c5c78)C%106)C[C@]4(C)[C@H]3CC[C@]12C. The van der Waals surface area contributed by atoms with Crippen LogP contribution in [0.3, 0.4) is 0 Å². The Labute approximate surface area is 494 Å². The molecule has 0 radical (unpaired) electrons. The van der Waals surface area contributed by atoms with Crippen molar-refractivity contribution in [3.63, 3.8) is 0 Å². The smallest absolute Gasteiger partial charge is 0.192 e. The number of ketones is 1. The predicted octanol–water partition coefficient (Wildman–Crippen LogP) is 23.3. The Bertz CT molecular complexity index is 7860. The number of benzene rings is 18. The summed E-state index contributed by atoms with van der Waals surface area (Å²) in [6.07, 6.45) is 11.1. The van der Waals surface area contributed by atoms with Gasteiger partial charge in [0.25, 0.3) is 0 Å². The van der Waals surface area contributed by atoms with Crippen molar-refractivity contribution in [2.45, 2.75) is 115 Å². The van der Waals surface area contributed by atoms with Gasteiger partial charge in [-0.1, -0.05) is 40.2 Å². The molecule has 3 heteroatoms. The van der Waals surface area contributed by atoms with Crippen LogP contribution in [0.25, 0.3) is 291 Å². The van der Waals surface area contributed by atoms with Crippen molar-refractivity contribution in [2.75, 3.05) is 0 Å². The number of allylic oxidation sites excluding steroid dienone is 1. The highest BCUT2D eigenvalue weighted by atomic mass is 28.4. The summed E-state index contributed by atoms with van der Waals surface area (Å²) in [6.45, 7) is 17.8. The molecule has 1 unspecified atom stereocenters. The summed E-state index contributed by atoms with van der Waals surface area (Å²) < 4.78 is 7.60. The van der Waals surface area contributed by atoms with Crippen molar-refractivity contribution < 1.29 is 9.22 Å². The van der Waals surface area contributed by atoms with Crippen LogP contribution in [0.15, 0.2) is 11.6 Å². The summed E-state index contributed by atoms with van der Waals surface area (Å²) in [7, 11) is -1.98. The molecule has 3 saturated carbocycles. The molecule has 8 aliphatic carbocycles. The fourth-order valence-electron chi connectivity index (χ4n) is 31.5. The average molecular weight is 1120 g/mol. The zero-order valence-corrected chi connectivity index (χ0v) is 50.3. The number of hydrogen-bond donors (Lipinski definition) is 0. The Morgan fingerprint density at radius 3 is 1.05 bits per heavy atom. The van der Waals surface area contributed by atoms with E-state index in [4.69, 9.17) is 4.43 Å². The molecule has 2 nitrogen and oxygen atoms in total. The van der Waals surface area contributed by atoms with E-state index < -0.39 is 13.7 Å². The van der Waals surface area contributed by atoms with Gasteiger partial charge in [0.1, 0.15) is 0 Å². The number of carbonyl (C=O) groups is 1. The quantitative estimate of drug-likeness (QED) is 0.130. The highest BCUT2D eigenvalue weighted by Gasteiger charge is 2.69. The topological polar surface area (TPSA) is 26.3 Å². The normalized spacial score (nSPS) is 30.2. The second kappa shape index (κ2) is 9.18. The lowest BCUT2D eigenvalue weighted by Gasteiger charge is -2.60. The van der Waals surface area contributed by atoms with Crippen LogP contribution in [0, 0.1) is 34.5 Å². The molecule has 398 valence electrons. The second-order valence-corrected chi connectivity index (χ2v) is 40.5. The van der Waals surface area contributed by atoms with Gasteiger partial charge in [0.2, 0.25) is 0 Å². The average Bonchev–Trinajstić information content (AvgIpc) is 1.39. The molecular formula is C85H42O2Si. The second-order valence-electron chi connectivity index (χ2n) is 35.8. The molecule has 0 bridgehead atoms. The Morgan fingerprint density at radius 1 is 0.398 bits per heavy atom. The van der Waals surface area contributed by atoms with Gasteiger partial charge in [0.05, 0.1) is 6.10 Å². The van der Waals surface area contributed by atoms with Gasteiger partial charge in [0.15, 0.2) is 14.1 Å². The van der Waals surface area contributed by atoms with E-state index in [-0.39, 0.29) is 27.7 Å². The van der Waals surface area contributed by atoms with Crippen LogP contribution in [0.1, 0.15) is 108 Å². The maximum absolute atomic E-state index is 17.3. The summed E-state index contributed by atoms with van der Waals surface area (Å²) >= 11 is 0. The first-order chi connectivity index (χ1) is 42.9. The lowest BCUT2D eigenvalue weighted by molar-refractivity contribution is -0.125. The molecule has 0 saturated heterocycles. The molecule has 0 aliphatic heterocycles. The Hall–Kier alpha value is -7.95. The monoisotopic (exact) mass is 1120 g/mol. The van der Waals surface area contributed by atoms with E-state index in [0.29, 0.717) is 29.6 Å². The Balaban J connectivity index is 0.821. The molecule has 28 aromatic rings. The molecule has 28 aromatic carbocycles. The molecular weight excluding hydrogens is 1080 g/mol. The molecule has 0 amide bonds. The lowest BCUT2D eigenvalue weighted by atomic mass is 9.43. The number of hydrogen-bond acceptors (Lipinski definition) is 2. The molecule has 8 aliphatic rings. The van der Waals surface area contributed by atoms with Gasteiger partial charge in [-0.05, 0) is 411 Å². The first-order valence-corrected chi connectivity index (χ1v) is 37.5. The van der Waals surface area contributed by atoms with Crippen molar-refractivity contribution in [3.8, 4) is 0 Å². The molecule has 36 rings (SSSR count). The van der Waals surface area contributed by atoms with Gasteiger partial charge in [-0.2, -0.15) is 0 Å². The highest BCUT2D eigenvalue weighted by Crippen LogP contribution is 2.85. The van der Waals surface area contributed by atoms with Crippen molar-refractivity contribution in [3.05, 3.63) is 33.9 Å². The molecule has 7 atom stereocenters. The molecule has 3 fully saturated rings. The fourth-order valence-corrected chi connectivity index (χ4v) is 33.0. The minimum Gasteiger partial charge on any atom is -0.413 e. The van der Waals surface area contributed by atoms with E-state index >= 15 is 4.79 Å². The summed E-state index contributed by atoms with van der Waals surface area (Å²) in [5.74, 6) is 2.29. The van der Waals surface area contributed by atoms with Gasteiger partial charge in [-0.3, -0.25) is 4.79 Å². The van der Waals surface area contributed by atoms with Gasteiger partial charge in [-0.25, -0.2) is 0 Å². The van der Waals surface area contributed by atoms with Crippen molar-refractivity contribution in [1.82, 2.24) is 0 Å². The number of fused-ring (bicyclic) bond motifs is 5. The van der Waals surface area contributed by atoms with Crippen molar-refractivity contribution >= 4 is 305 Å². The number of rotatable bonds is 3. The minimum absolute atomic E-state index is 0.0643. The third-order valence-electron chi connectivity index (χ3n) is 33.9. The van der Waals surface area contributed by atoms with Crippen LogP contribution >= 0.6 is 0 Å². The maximum Gasteiger partial charge on any atom is 0.192 e. The highest BCUT2D eigenvalue weighted by molar-refractivity contribution is 6.82. The van der Waals surface area contributed by atoms with Crippen LogP contribution in [0.5, 0.6) is 0 Å². The van der Waals surface area contributed by atoms with E-state index in [1.165, 1.54) is 37.7 Å². The van der Waals surface area contributed by atoms with E-state index in [0.717, 1.165) is 12.8 Å². The van der Waals surface area contributed by atoms with Crippen LogP contribution in [-0.2, 0) is 14.6 Å². The zero-order chi connectivity index (χ0) is 55.0. The molecule has 88 heavy (non-hydrogen) atoms. The predicted molar refractivity (Wildman–Crippen MR) is 373 cm³/mol. The molecule has 0 heterocycles. The maximum atomic E-state index is 17.3. The number of carbonyl (C=O) groups excluding carboxylic acids is 1. The van der Waals surface area contributed by atoms with Crippen LogP contribution < -0.4 is 0 Å². The summed E-state index contributed by atoms with van der Waals surface area (Å²) in [5.41, 5.74) is 7.83. The zero-order valence-electron chi connectivity index (χ0n) is 49.3. The van der Waals surface area contributed by atoms with E-state index in [9.17, 15) is 0 Å². The van der Waals surface area contributed by atoms with Crippen molar-refractivity contribution in [1.29, 1.82) is 0 Å². The van der Waals surface area contributed by atoms with E-state index in [1.54, 1.807) is 313 Å². The standard InChI is InChI=1S/C85H42O2Si/c1-82(2,3)88(6,7)87-22-11-10-18-17-9-8-16-14-21(86)20(15-84(16,5)19(17)12-13-83(18,22)4)85-79-75-69-55-47-39-27-24-23-25-28(27)40-42-38-32(25)34-30-26(23)29-33-31(24)37-41(39)53(55)61-59-45(37)43(33)51-49-35(29)36(30)50-52-44(34)46(38)60-62-54(42)56(48(40)47)70(69)76(79)72(62)74-66(60)64(52)68-58(50)57(49)67-63(51)65(59)73(71(61)75)80(85)77(67)78(68)81(74)85/h14,17-20,22,79H,8-13,15H2,1-7H3/t17-,18-,19-,20?,22-,79?,83-,84-,85?/m0/s1. The minimum atomic E-state index is -1.98. The molecule has 0 spiro atoms. The van der Waals surface area contributed by atoms with Crippen LogP contribution in [0.4, 0.5) is 0 Å². The first-order valence-electron chi connectivity index (χ1n) is 34.5. The largest absolute Gasteiger partial charge is 0.413 e. The van der Waals surface area contributed by atoms with Crippen LogP contribution in [-0.4, -0.2) is 20.2 Å². The molecule has 0 N–H and O–H groups in total. The van der Waals surface area contributed by atoms with E-state index in [1.807, 2.05) is 0 Å². The van der Waals surface area contributed by atoms with Gasteiger partial charge in [-0.15, -0.1) is 0 Å². The summed E-state index contributed by atoms with van der Waals surface area (Å²) in [5, 5.41) is 88.7. The summed E-state index contributed by atoms with van der Waals surface area (Å²) in [6, 6.07) is 0. The van der Waals surface area contributed by atoms with E-state index in [2.05, 4.69) is 53.8 Å². The fraction of sp³-hybridized carbons (Fsp3) is 0.282. The Kier molecular flexibility index (Phi) is 4.01. The van der Waals surface area contributed by atoms with Crippen molar-refractivity contribution in [2.24, 2.45) is 34.5 Å². The third-order valence-corrected chi connectivity index (χ3v) is 38.4. The summed E-state index contributed by atoms with van der Waals surface area (Å²) in [4.78, 5) is 17.3. The first kappa shape index (κ1) is 38.5. The lowest BCUT2D eigenvalue weighted by Crippen LogP contribution is -2.56. The van der Waals surface area contributed by atoms with Gasteiger partial charge < -0.3 is 4.43 Å². The molecule has 0 aromatic heterocycles.